The fourth-order valence-corrected chi connectivity index (χ4v) is 3.19. The number of piperazine rings is 1. The van der Waals surface area contributed by atoms with Crippen molar-refractivity contribution in [3.05, 3.63) is 53.3 Å². The van der Waals surface area contributed by atoms with E-state index >= 15 is 0 Å². The molecule has 0 aliphatic carbocycles. The Morgan fingerprint density at radius 1 is 1.12 bits per heavy atom. The molecule has 0 unspecified atom stereocenters. The standard InChI is InChI=1S/C19H24N4O3/c1-15-4-2-3-5-16(15)14-21-10-12-22(13-11-21)19(26)17-6-8-20-23(17)9-7-18(24)25/h2-6,8H,7,9-14H2,1H3,(H,24,25). The molecule has 0 radical (unpaired) electrons. The number of nitrogens with zero attached hydrogens (tertiary/aromatic N) is 4. The first kappa shape index (κ1) is 18.1. The monoisotopic (exact) mass is 356 g/mol. The van der Waals surface area contributed by atoms with Gasteiger partial charge in [-0.25, -0.2) is 0 Å². The van der Waals surface area contributed by atoms with Crippen LogP contribution in [0.3, 0.4) is 0 Å². The van der Waals surface area contributed by atoms with Crippen molar-refractivity contribution in [2.24, 2.45) is 0 Å². The first-order chi connectivity index (χ1) is 12.5. The van der Waals surface area contributed by atoms with Crippen molar-refractivity contribution >= 4 is 11.9 Å². The number of aliphatic carboxylic acids is 1. The third kappa shape index (κ3) is 4.29. The summed E-state index contributed by atoms with van der Waals surface area (Å²) in [6.07, 6.45) is 1.50. The average molecular weight is 356 g/mol. The van der Waals surface area contributed by atoms with Crippen molar-refractivity contribution in [2.75, 3.05) is 26.2 Å². The lowest BCUT2D eigenvalue weighted by molar-refractivity contribution is -0.137. The van der Waals surface area contributed by atoms with Gasteiger partial charge in [0.15, 0.2) is 0 Å². The number of carbonyl (C=O) groups excluding carboxylic acids is 1. The highest BCUT2D eigenvalue weighted by molar-refractivity contribution is 5.92. The van der Waals surface area contributed by atoms with Crippen molar-refractivity contribution < 1.29 is 14.7 Å². The maximum atomic E-state index is 12.7. The van der Waals surface area contributed by atoms with E-state index in [1.807, 2.05) is 11.0 Å². The lowest BCUT2D eigenvalue weighted by Crippen LogP contribution is -2.48. The maximum Gasteiger partial charge on any atom is 0.305 e. The summed E-state index contributed by atoms with van der Waals surface area (Å²) in [5, 5.41) is 12.9. The Kier molecular flexibility index (Phi) is 5.68. The van der Waals surface area contributed by atoms with Crippen LogP contribution in [-0.4, -0.2) is 62.7 Å². The Hall–Kier alpha value is -2.67. The number of aromatic nitrogens is 2. The number of carboxylic acids is 1. The van der Waals surface area contributed by atoms with Crippen molar-refractivity contribution in [2.45, 2.75) is 26.4 Å². The lowest BCUT2D eigenvalue weighted by atomic mass is 10.1. The fourth-order valence-electron chi connectivity index (χ4n) is 3.19. The zero-order valence-corrected chi connectivity index (χ0v) is 15.0. The molecule has 0 saturated carbocycles. The molecule has 7 heteroatoms. The van der Waals surface area contributed by atoms with Crippen molar-refractivity contribution in [1.82, 2.24) is 19.6 Å². The van der Waals surface area contributed by atoms with Gasteiger partial charge in [-0.05, 0) is 24.1 Å². The summed E-state index contributed by atoms with van der Waals surface area (Å²) >= 11 is 0. The van der Waals surface area contributed by atoms with Crippen molar-refractivity contribution in [3.63, 3.8) is 0 Å². The van der Waals surface area contributed by atoms with Crippen LogP contribution in [0.1, 0.15) is 28.0 Å². The minimum atomic E-state index is -0.899. The van der Waals surface area contributed by atoms with Crippen LogP contribution < -0.4 is 0 Å². The Balaban J connectivity index is 1.56. The van der Waals surface area contributed by atoms with E-state index in [4.69, 9.17) is 5.11 Å². The predicted octanol–water partition coefficient (Wildman–Crippen LogP) is 1.62. The number of carbonyl (C=O) groups is 2. The van der Waals surface area contributed by atoms with Gasteiger partial charge in [0, 0.05) is 38.9 Å². The summed E-state index contributed by atoms with van der Waals surface area (Å²) in [5.41, 5.74) is 3.06. The smallest absolute Gasteiger partial charge is 0.305 e. The number of benzene rings is 1. The summed E-state index contributed by atoms with van der Waals surface area (Å²) in [6, 6.07) is 10.0. The van der Waals surface area contributed by atoms with E-state index in [1.165, 1.54) is 15.8 Å². The third-order valence-corrected chi connectivity index (χ3v) is 4.79. The van der Waals surface area contributed by atoms with Gasteiger partial charge in [-0.1, -0.05) is 24.3 Å². The zero-order valence-electron chi connectivity index (χ0n) is 15.0. The number of hydrogen-bond donors (Lipinski definition) is 1. The number of amides is 1. The molecule has 1 N–H and O–H groups in total. The minimum absolute atomic E-state index is 0.0494. The van der Waals surface area contributed by atoms with Gasteiger partial charge in [-0.15, -0.1) is 0 Å². The highest BCUT2D eigenvalue weighted by Gasteiger charge is 2.24. The summed E-state index contributed by atoms with van der Waals surface area (Å²) in [7, 11) is 0. The predicted molar refractivity (Wildman–Crippen MR) is 96.8 cm³/mol. The van der Waals surface area contributed by atoms with E-state index in [0.717, 1.165) is 19.6 Å². The van der Waals surface area contributed by atoms with E-state index in [0.29, 0.717) is 18.8 Å². The molecule has 3 rings (SSSR count). The molecular weight excluding hydrogens is 332 g/mol. The number of carboxylic acid groups (broad SMARTS) is 1. The molecule has 1 amide bonds. The molecule has 0 bridgehead atoms. The van der Waals surface area contributed by atoms with Crippen LogP contribution in [0, 0.1) is 6.92 Å². The first-order valence-electron chi connectivity index (χ1n) is 8.84. The topological polar surface area (TPSA) is 78.7 Å². The molecule has 1 aliphatic heterocycles. The average Bonchev–Trinajstić information content (AvgIpc) is 3.10. The molecule has 138 valence electrons. The van der Waals surface area contributed by atoms with Gasteiger partial charge in [0.2, 0.25) is 0 Å². The van der Waals surface area contributed by atoms with E-state index in [2.05, 4.69) is 35.1 Å². The molecule has 1 aliphatic rings. The molecule has 26 heavy (non-hydrogen) atoms. The minimum Gasteiger partial charge on any atom is -0.481 e. The van der Waals surface area contributed by atoms with Crippen LogP contribution in [-0.2, 0) is 17.9 Å². The molecule has 1 fully saturated rings. The summed E-state index contributed by atoms with van der Waals surface area (Å²) < 4.78 is 1.48. The van der Waals surface area contributed by atoms with Gasteiger partial charge in [-0.3, -0.25) is 19.2 Å². The second-order valence-electron chi connectivity index (χ2n) is 6.58. The number of hydrogen-bond acceptors (Lipinski definition) is 4. The van der Waals surface area contributed by atoms with Crippen molar-refractivity contribution in [3.8, 4) is 0 Å². The molecule has 1 aromatic carbocycles. The molecule has 2 heterocycles. The Labute approximate surface area is 152 Å². The van der Waals surface area contributed by atoms with Crippen LogP contribution in [0.5, 0.6) is 0 Å². The van der Waals surface area contributed by atoms with Crippen LogP contribution in [0.4, 0.5) is 0 Å². The van der Waals surface area contributed by atoms with Crippen LogP contribution in [0.25, 0.3) is 0 Å². The second-order valence-corrected chi connectivity index (χ2v) is 6.58. The van der Waals surface area contributed by atoms with Crippen LogP contribution >= 0.6 is 0 Å². The Morgan fingerprint density at radius 3 is 2.54 bits per heavy atom. The number of rotatable bonds is 6. The van der Waals surface area contributed by atoms with E-state index < -0.39 is 5.97 Å². The third-order valence-electron chi connectivity index (χ3n) is 4.79. The molecular formula is C19H24N4O3. The molecule has 2 aromatic rings. The molecule has 1 saturated heterocycles. The lowest BCUT2D eigenvalue weighted by Gasteiger charge is -2.35. The van der Waals surface area contributed by atoms with Gasteiger partial charge in [0.25, 0.3) is 5.91 Å². The summed E-state index contributed by atoms with van der Waals surface area (Å²) in [5.74, 6) is -0.979. The SMILES string of the molecule is Cc1ccccc1CN1CCN(C(=O)c2ccnn2CCC(=O)O)CC1. The zero-order chi connectivity index (χ0) is 18.5. The normalized spacial score (nSPS) is 15.2. The van der Waals surface area contributed by atoms with E-state index in [9.17, 15) is 9.59 Å². The van der Waals surface area contributed by atoms with E-state index in [1.54, 1.807) is 12.3 Å². The molecule has 7 nitrogen and oxygen atoms in total. The quantitative estimate of drug-likeness (QED) is 0.851. The van der Waals surface area contributed by atoms with Gasteiger partial charge in [-0.2, -0.15) is 5.10 Å². The Bertz CT molecular complexity index is 779. The Morgan fingerprint density at radius 2 is 1.85 bits per heavy atom. The largest absolute Gasteiger partial charge is 0.481 e. The maximum absolute atomic E-state index is 12.7. The summed E-state index contributed by atoms with van der Waals surface area (Å²) in [6.45, 7) is 6.19. The van der Waals surface area contributed by atoms with Crippen molar-refractivity contribution in [1.29, 1.82) is 0 Å². The van der Waals surface area contributed by atoms with Crippen LogP contribution in [0.15, 0.2) is 36.5 Å². The molecule has 1 aromatic heterocycles. The summed E-state index contributed by atoms with van der Waals surface area (Å²) in [4.78, 5) is 27.7. The highest BCUT2D eigenvalue weighted by Crippen LogP contribution is 2.14. The number of aryl methyl sites for hydroxylation is 2. The van der Waals surface area contributed by atoms with Gasteiger partial charge in [0.05, 0.1) is 13.0 Å². The van der Waals surface area contributed by atoms with E-state index in [-0.39, 0.29) is 18.9 Å². The van der Waals surface area contributed by atoms with Crippen LogP contribution in [0.2, 0.25) is 0 Å². The molecule has 0 spiro atoms. The van der Waals surface area contributed by atoms with Gasteiger partial charge in [0.1, 0.15) is 5.69 Å². The van der Waals surface area contributed by atoms with Gasteiger partial charge < -0.3 is 10.0 Å². The first-order valence-corrected chi connectivity index (χ1v) is 8.84. The molecule has 0 atom stereocenters. The fraction of sp³-hybridized carbons (Fsp3) is 0.421. The second kappa shape index (κ2) is 8.14. The highest BCUT2D eigenvalue weighted by atomic mass is 16.4. The van der Waals surface area contributed by atoms with Gasteiger partial charge >= 0.3 is 5.97 Å².